The molecule has 0 rings (SSSR count). The van der Waals surface area contributed by atoms with Crippen molar-refractivity contribution in [3.63, 3.8) is 0 Å². The zero-order valence-electron chi connectivity index (χ0n) is 5.79. The number of aliphatic imine (C=N–C) groups is 1. The average Bonchev–Trinajstić information content (AvgIpc) is 1.85. The SMILES string of the molecule is C=CC=N/C(C)=C\OC. The molecular weight excluding hydrogens is 114 g/mol. The van der Waals surface area contributed by atoms with Crippen LogP contribution in [0.5, 0.6) is 0 Å². The van der Waals surface area contributed by atoms with E-state index in [1.807, 2.05) is 6.92 Å². The number of hydrogen-bond acceptors (Lipinski definition) is 2. The quantitative estimate of drug-likeness (QED) is 0.416. The van der Waals surface area contributed by atoms with Crippen LogP contribution in [0.3, 0.4) is 0 Å². The minimum Gasteiger partial charge on any atom is -0.502 e. The van der Waals surface area contributed by atoms with E-state index in [1.54, 1.807) is 25.7 Å². The van der Waals surface area contributed by atoms with Crippen molar-refractivity contribution in [2.45, 2.75) is 6.92 Å². The van der Waals surface area contributed by atoms with Gasteiger partial charge in [-0.1, -0.05) is 12.7 Å². The molecule has 0 aliphatic carbocycles. The summed E-state index contributed by atoms with van der Waals surface area (Å²) in [6.07, 6.45) is 4.80. The fraction of sp³-hybridized carbons (Fsp3) is 0.286. The van der Waals surface area contributed by atoms with Crippen LogP contribution in [-0.4, -0.2) is 13.3 Å². The van der Waals surface area contributed by atoms with Gasteiger partial charge in [0, 0.05) is 6.21 Å². The highest BCUT2D eigenvalue weighted by molar-refractivity contribution is 5.71. The molecule has 0 heterocycles. The molecule has 0 aromatic carbocycles. The summed E-state index contributed by atoms with van der Waals surface area (Å²) in [6, 6.07) is 0. The monoisotopic (exact) mass is 125 g/mol. The molecule has 9 heavy (non-hydrogen) atoms. The lowest BCUT2D eigenvalue weighted by atomic mass is 10.5. The van der Waals surface area contributed by atoms with E-state index in [9.17, 15) is 0 Å². The number of rotatable bonds is 3. The molecule has 0 aromatic heterocycles. The first-order valence-corrected chi connectivity index (χ1v) is 2.66. The Morgan fingerprint density at radius 3 is 2.78 bits per heavy atom. The summed E-state index contributed by atoms with van der Waals surface area (Å²) < 4.78 is 4.69. The minimum absolute atomic E-state index is 0.831. The standard InChI is InChI=1S/C7H11NO/c1-4-5-8-7(2)6-9-3/h4-6H,1H2,2-3H3/b7-6-,8-5?. The van der Waals surface area contributed by atoms with Gasteiger partial charge >= 0.3 is 0 Å². The second-order valence-electron chi connectivity index (χ2n) is 1.51. The molecule has 2 heteroatoms. The summed E-state index contributed by atoms with van der Waals surface area (Å²) in [5, 5.41) is 0. The molecule has 0 saturated heterocycles. The van der Waals surface area contributed by atoms with Crippen molar-refractivity contribution in [1.82, 2.24) is 0 Å². The van der Waals surface area contributed by atoms with Crippen LogP contribution in [-0.2, 0) is 4.74 Å². The van der Waals surface area contributed by atoms with E-state index in [-0.39, 0.29) is 0 Å². The van der Waals surface area contributed by atoms with Gasteiger partial charge in [-0.3, -0.25) is 4.99 Å². The molecule has 0 radical (unpaired) electrons. The van der Waals surface area contributed by atoms with Crippen LogP contribution in [0.1, 0.15) is 6.92 Å². The van der Waals surface area contributed by atoms with Gasteiger partial charge in [0.05, 0.1) is 12.8 Å². The molecule has 0 aromatic rings. The first-order valence-electron chi connectivity index (χ1n) is 2.66. The molecule has 0 amide bonds. The highest BCUT2D eigenvalue weighted by Crippen LogP contribution is 1.91. The predicted molar refractivity (Wildman–Crippen MR) is 39.5 cm³/mol. The number of ether oxygens (including phenoxy) is 1. The van der Waals surface area contributed by atoms with E-state index in [2.05, 4.69) is 11.6 Å². The topological polar surface area (TPSA) is 21.6 Å². The van der Waals surface area contributed by atoms with Crippen molar-refractivity contribution in [3.05, 3.63) is 24.6 Å². The van der Waals surface area contributed by atoms with Crippen LogP contribution >= 0.6 is 0 Å². The fourth-order valence-electron chi connectivity index (χ4n) is 0.371. The summed E-state index contributed by atoms with van der Waals surface area (Å²) >= 11 is 0. The van der Waals surface area contributed by atoms with Crippen molar-refractivity contribution in [3.8, 4) is 0 Å². The Bertz CT molecular complexity index is 136. The van der Waals surface area contributed by atoms with Gasteiger partial charge in [-0.2, -0.15) is 0 Å². The largest absolute Gasteiger partial charge is 0.502 e. The Labute approximate surface area is 55.6 Å². The third-order valence-electron chi connectivity index (χ3n) is 0.672. The van der Waals surface area contributed by atoms with Crippen LogP contribution in [0.15, 0.2) is 29.6 Å². The Morgan fingerprint density at radius 1 is 1.67 bits per heavy atom. The summed E-state index contributed by atoms with van der Waals surface area (Å²) in [5.74, 6) is 0. The van der Waals surface area contributed by atoms with Gasteiger partial charge in [0.2, 0.25) is 0 Å². The van der Waals surface area contributed by atoms with E-state index in [4.69, 9.17) is 4.74 Å². The van der Waals surface area contributed by atoms with Gasteiger partial charge < -0.3 is 4.74 Å². The van der Waals surface area contributed by atoms with Crippen molar-refractivity contribution in [1.29, 1.82) is 0 Å². The maximum atomic E-state index is 4.69. The zero-order chi connectivity index (χ0) is 7.11. The molecule has 50 valence electrons. The Balaban J connectivity index is 3.74. The predicted octanol–water partition coefficient (Wildman–Crippen LogP) is 1.75. The molecule has 0 unspecified atom stereocenters. The maximum absolute atomic E-state index is 4.69. The number of methoxy groups -OCH3 is 1. The van der Waals surface area contributed by atoms with Crippen LogP contribution in [0.4, 0.5) is 0 Å². The maximum Gasteiger partial charge on any atom is 0.104 e. The summed E-state index contributed by atoms with van der Waals surface area (Å²) in [4.78, 5) is 3.93. The van der Waals surface area contributed by atoms with Gasteiger partial charge in [-0.25, -0.2) is 0 Å². The average molecular weight is 125 g/mol. The van der Waals surface area contributed by atoms with Gasteiger partial charge in [0.1, 0.15) is 6.26 Å². The van der Waals surface area contributed by atoms with Crippen LogP contribution < -0.4 is 0 Å². The lowest BCUT2D eigenvalue weighted by Gasteiger charge is -1.88. The number of nitrogens with zero attached hydrogens (tertiary/aromatic N) is 1. The van der Waals surface area contributed by atoms with E-state index in [0.29, 0.717) is 0 Å². The van der Waals surface area contributed by atoms with Gasteiger partial charge in [0.15, 0.2) is 0 Å². The second-order valence-corrected chi connectivity index (χ2v) is 1.51. The third kappa shape index (κ3) is 4.81. The molecule has 2 nitrogen and oxygen atoms in total. The number of allylic oxidation sites excluding steroid dienone is 2. The van der Waals surface area contributed by atoms with Crippen molar-refractivity contribution >= 4 is 6.21 Å². The normalized spacial score (nSPS) is 12.0. The first kappa shape index (κ1) is 7.95. The van der Waals surface area contributed by atoms with E-state index in [0.717, 1.165) is 5.70 Å². The van der Waals surface area contributed by atoms with Crippen molar-refractivity contribution in [2.75, 3.05) is 7.11 Å². The lowest BCUT2D eigenvalue weighted by molar-refractivity contribution is 0.333. The van der Waals surface area contributed by atoms with E-state index >= 15 is 0 Å². The Hall–Kier alpha value is -1.05. The first-order chi connectivity index (χ1) is 4.31. The highest BCUT2D eigenvalue weighted by atomic mass is 16.5. The third-order valence-corrected chi connectivity index (χ3v) is 0.672. The van der Waals surface area contributed by atoms with Crippen LogP contribution in [0.25, 0.3) is 0 Å². The van der Waals surface area contributed by atoms with Gasteiger partial charge in [0.25, 0.3) is 0 Å². The molecule has 0 atom stereocenters. The van der Waals surface area contributed by atoms with Gasteiger partial charge in [-0.05, 0) is 6.92 Å². The minimum atomic E-state index is 0.831. The smallest absolute Gasteiger partial charge is 0.104 e. The van der Waals surface area contributed by atoms with Crippen molar-refractivity contribution < 1.29 is 4.74 Å². The van der Waals surface area contributed by atoms with E-state index < -0.39 is 0 Å². The summed E-state index contributed by atoms with van der Waals surface area (Å²) in [6.45, 7) is 5.33. The molecule has 0 spiro atoms. The molecule has 0 aliphatic heterocycles. The van der Waals surface area contributed by atoms with Crippen LogP contribution in [0.2, 0.25) is 0 Å². The van der Waals surface area contributed by atoms with E-state index in [1.165, 1.54) is 0 Å². The molecule has 0 bridgehead atoms. The van der Waals surface area contributed by atoms with Crippen LogP contribution in [0, 0.1) is 0 Å². The fourth-order valence-corrected chi connectivity index (χ4v) is 0.371. The van der Waals surface area contributed by atoms with Crippen molar-refractivity contribution in [2.24, 2.45) is 4.99 Å². The molecular formula is C7H11NO. The summed E-state index contributed by atoms with van der Waals surface area (Å²) in [5.41, 5.74) is 0.831. The summed E-state index contributed by atoms with van der Waals surface area (Å²) in [7, 11) is 1.59. The highest BCUT2D eigenvalue weighted by Gasteiger charge is 1.76. The Morgan fingerprint density at radius 2 is 2.33 bits per heavy atom. The number of hydrogen-bond donors (Lipinski definition) is 0. The zero-order valence-corrected chi connectivity index (χ0v) is 5.79. The second kappa shape index (κ2) is 5.09. The lowest BCUT2D eigenvalue weighted by Crippen LogP contribution is -1.72. The Kier molecular flexibility index (Phi) is 4.50. The molecule has 0 fully saturated rings. The molecule has 0 aliphatic rings. The molecule has 0 N–H and O–H groups in total. The van der Waals surface area contributed by atoms with Gasteiger partial charge in [-0.15, -0.1) is 0 Å². The molecule has 0 saturated carbocycles.